The summed E-state index contributed by atoms with van der Waals surface area (Å²) >= 11 is 6.75. The summed E-state index contributed by atoms with van der Waals surface area (Å²) in [6.07, 6.45) is 3.29. The van der Waals surface area contributed by atoms with E-state index in [4.69, 9.17) is 0 Å². The highest BCUT2D eigenvalue weighted by Gasteiger charge is 2.01. The second kappa shape index (κ2) is 6.68. The van der Waals surface area contributed by atoms with E-state index >= 15 is 0 Å². The van der Waals surface area contributed by atoms with Gasteiger partial charge in [0.05, 0.1) is 5.69 Å². The first-order valence-electron chi connectivity index (χ1n) is 5.64. The van der Waals surface area contributed by atoms with Crippen LogP contribution in [0.15, 0.2) is 63.6 Å². The molecule has 19 heavy (non-hydrogen) atoms. The van der Waals surface area contributed by atoms with Gasteiger partial charge in [0.25, 0.3) is 0 Å². The van der Waals surface area contributed by atoms with E-state index in [-0.39, 0.29) is 5.91 Å². The third-order valence-corrected chi connectivity index (χ3v) is 3.65. The molecule has 0 fully saturated rings. The molecule has 0 heterocycles. The zero-order valence-electron chi connectivity index (χ0n) is 9.94. The lowest BCUT2D eigenvalue weighted by atomic mass is 10.2. The summed E-state index contributed by atoms with van der Waals surface area (Å²) in [6, 6.07) is 15.2. The molecule has 0 bridgehead atoms. The average Bonchev–Trinajstić information content (AvgIpc) is 2.41. The molecule has 2 nitrogen and oxygen atoms in total. The number of hydrogen-bond acceptors (Lipinski definition) is 1. The standard InChI is InChI=1S/C15H11Br2NO/c16-12-8-5-11(6-9-12)7-10-15(19)18-14-4-2-1-3-13(14)17/h1-10H,(H,18,19). The third kappa shape index (κ3) is 4.33. The van der Waals surface area contributed by atoms with E-state index in [1.165, 1.54) is 6.08 Å². The molecular weight excluding hydrogens is 370 g/mol. The fourth-order valence-electron chi connectivity index (χ4n) is 1.48. The van der Waals surface area contributed by atoms with Crippen molar-refractivity contribution in [2.45, 2.75) is 0 Å². The number of hydrogen-bond donors (Lipinski definition) is 1. The number of carbonyl (C=O) groups is 1. The number of carbonyl (C=O) groups excluding carboxylic acids is 1. The minimum Gasteiger partial charge on any atom is -0.321 e. The Morgan fingerprint density at radius 2 is 1.68 bits per heavy atom. The molecule has 0 aliphatic carbocycles. The number of anilines is 1. The quantitative estimate of drug-likeness (QED) is 0.756. The van der Waals surface area contributed by atoms with Gasteiger partial charge in [0, 0.05) is 15.0 Å². The van der Waals surface area contributed by atoms with Gasteiger partial charge in [0.2, 0.25) is 5.91 Å². The highest BCUT2D eigenvalue weighted by atomic mass is 79.9. The van der Waals surface area contributed by atoms with Gasteiger partial charge in [-0.2, -0.15) is 0 Å². The van der Waals surface area contributed by atoms with Gasteiger partial charge in [-0.25, -0.2) is 0 Å². The van der Waals surface area contributed by atoms with Crippen molar-refractivity contribution >= 4 is 49.5 Å². The zero-order chi connectivity index (χ0) is 13.7. The van der Waals surface area contributed by atoms with Gasteiger partial charge in [-0.1, -0.05) is 40.2 Å². The van der Waals surface area contributed by atoms with Crippen molar-refractivity contribution in [3.8, 4) is 0 Å². The Hall–Kier alpha value is -1.39. The molecule has 2 aromatic carbocycles. The lowest BCUT2D eigenvalue weighted by Crippen LogP contribution is -2.07. The molecule has 0 unspecified atom stereocenters. The van der Waals surface area contributed by atoms with Gasteiger partial charge in [0.15, 0.2) is 0 Å². The SMILES string of the molecule is O=C(C=Cc1ccc(Br)cc1)Nc1ccccc1Br. The number of benzene rings is 2. The maximum atomic E-state index is 11.8. The summed E-state index contributed by atoms with van der Waals surface area (Å²) in [5, 5.41) is 2.81. The van der Waals surface area contributed by atoms with Gasteiger partial charge in [0.1, 0.15) is 0 Å². The van der Waals surface area contributed by atoms with Crippen LogP contribution in [0.5, 0.6) is 0 Å². The summed E-state index contributed by atoms with van der Waals surface area (Å²) in [4.78, 5) is 11.8. The summed E-state index contributed by atoms with van der Waals surface area (Å²) in [5.74, 6) is -0.158. The first-order valence-corrected chi connectivity index (χ1v) is 7.23. The normalized spacial score (nSPS) is 10.6. The molecule has 0 saturated heterocycles. The molecule has 0 aliphatic heterocycles. The predicted octanol–water partition coefficient (Wildman–Crippen LogP) is 4.86. The Bertz CT molecular complexity index is 606. The molecule has 1 amide bonds. The average molecular weight is 381 g/mol. The topological polar surface area (TPSA) is 29.1 Å². The Kier molecular flexibility index (Phi) is 4.93. The zero-order valence-corrected chi connectivity index (χ0v) is 13.1. The lowest BCUT2D eigenvalue weighted by molar-refractivity contribution is -0.111. The molecule has 0 saturated carbocycles. The van der Waals surface area contributed by atoms with Crippen molar-refractivity contribution in [2.24, 2.45) is 0 Å². The van der Waals surface area contributed by atoms with Gasteiger partial charge in [-0.3, -0.25) is 4.79 Å². The summed E-state index contributed by atoms with van der Waals surface area (Å²) in [6.45, 7) is 0. The number of nitrogens with one attached hydrogen (secondary N) is 1. The van der Waals surface area contributed by atoms with Crippen molar-refractivity contribution < 1.29 is 4.79 Å². The number of halogens is 2. The first-order chi connectivity index (χ1) is 9.15. The van der Waals surface area contributed by atoms with E-state index in [2.05, 4.69) is 37.2 Å². The van der Waals surface area contributed by atoms with Crippen molar-refractivity contribution in [1.29, 1.82) is 0 Å². The molecule has 96 valence electrons. The molecule has 0 aliphatic rings. The Morgan fingerprint density at radius 1 is 1.00 bits per heavy atom. The van der Waals surface area contributed by atoms with Gasteiger partial charge in [-0.05, 0) is 51.8 Å². The molecule has 0 aromatic heterocycles. The van der Waals surface area contributed by atoms with Crippen LogP contribution in [0.3, 0.4) is 0 Å². The van der Waals surface area contributed by atoms with E-state index in [9.17, 15) is 4.79 Å². The maximum Gasteiger partial charge on any atom is 0.248 e. The second-order valence-electron chi connectivity index (χ2n) is 3.85. The summed E-state index contributed by atoms with van der Waals surface area (Å²) in [5.41, 5.74) is 1.73. The van der Waals surface area contributed by atoms with E-state index in [1.807, 2.05) is 48.5 Å². The minimum absolute atomic E-state index is 0.158. The lowest BCUT2D eigenvalue weighted by Gasteiger charge is -2.03. The minimum atomic E-state index is -0.158. The third-order valence-electron chi connectivity index (χ3n) is 2.43. The van der Waals surface area contributed by atoms with Gasteiger partial charge in [-0.15, -0.1) is 0 Å². The van der Waals surface area contributed by atoms with E-state index in [0.29, 0.717) is 0 Å². The smallest absolute Gasteiger partial charge is 0.248 e. The number of para-hydroxylation sites is 1. The van der Waals surface area contributed by atoms with E-state index in [1.54, 1.807) is 6.08 Å². The predicted molar refractivity (Wildman–Crippen MR) is 85.9 cm³/mol. The van der Waals surface area contributed by atoms with Crippen LogP contribution in [0.1, 0.15) is 5.56 Å². The number of rotatable bonds is 3. The van der Waals surface area contributed by atoms with Crippen LogP contribution in [-0.2, 0) is 4.79 Å². The fraction of sp³-hybridized carbons (Fsp3) is 0. The molecule has 0 radical (unpaired) electrons. The van der Waals surface area contributed by atoms with Crippen LogP contribution < -0.4 is 5.32 Å². The largest absolute Gasteiger partial charge is 0.321 e. The van der Waals surface area contributed by atoms with Crippen LogP contribution >= 0.6 is 31.9 Å². The fourth-order valence-corrected chi connectivity index (χ4v) is 2.13. The van der Waals surface area contributed by atoms with Crippen LogP contribution in [-0.4, -0.2) is 5.91 Å². The van der Waals surface area contributed by atoms with Crippen molar-refractivity contribution in [3.63, 3.8) is 0 Å². The van der Waals surface area contributed by atoms with E-state index in [0.717, 1.165) is 20.2 Å². The van der Waals surface area contributed by atoms with Crippen molar-refractivity contribution in [3.05, 3.63) is 69.1 Å². The summed E-state index contributed by atoms with van der Waals surface area (Å²) < 4.78 is 1.88. The second-order valence-corrected chi connectivity index (χ2v) is 5.62. The Balaban J connectivity index is 2.02. The number of amides is 1. The molecule has 4 heteroatoms. The van der Waals surface area contributed by atoms with Crippen LogP contribution in [0.2, 0.25) is 0 Å². The molecule has 1 N–H and O–H groups in total. The highest BCUT2D eigenvalue weighted by Crippen LogP contribution is 2.21. The molecule has 0 spiro atoms. The van der Waals surface area contributed by atoms with Gasteiger partial charge >= 0.3 is 0 Å². The highest BCUT2D eigenvalue weighted by molar-refractivity contribution is 9.10. The molecule has 2 aromatic rings. The molecule has 0 atom stereocenters. The molecule has 2 rings (SSSR count). The summed E-state index contributed by atoms with van der Waals surface area (Å²) in [7, 11) is 0. The van der Waals surface area contributed by atoms with Crippen molar-refractivity contribution in [2.75, 3.05) is 5.32 Å². The Labute approximate surface area is 128 Å². The monoisotopic (exact) mass is 379 g/mol. The van der Waals surface area contributed by atoms with Gasteiger partial charge < -0.3 is 5.32 Å². The molecular formula is C15H11Br2NO. The van der Waals surface area contributed by atoms with Crippen molar-refractivity contribution in [1.82, 2.24) is 0 Å². The van der Waals surface area contributed by atoms with Crippen LogP contribution in [0, 0.1) is 0 Å². The van der Waals surface area contributed by atoms with Crippen LogP contribution in [0.25, 0.3) is 6.08 Å². The maximum absolute atomic E-state index is 11.8. The van der Waals surface area contributed by atoms with Crippen LogP contribution in [0.4, 0.5) is 5.69 Å². The first kappa shape index (κ1) is 14.0. The Morgan fingerprint density at radius 3 is 2.37 bits per heavy atom. The van der Waals surface area contributed by atoms with E-state index < -0.39 is 0 Å².